The molecule has 2 aliphatic rings. The Labute approximate surface area is 163 Å². The monoisotopic (exact) mass is 370 g/mol. The third kappa shape index (κ3) is 5.98. The molecule has 5 nitrogen and oxygen atoms in total. The van der Waals surface area contributed by atoms with Gasteiger partial charge in [0, 0.05) is 33.2 Å². The third-order valence-corrected chi connectivity index (χ3v) is 5.83. The molecule has 1 aromatic rings. The first-order valence-electron chi connectivity index (χ1n) is 10.4. The van der Waals surface area contributed by atoms with Gasteiger partial charge in [-0.25, -0.2) is 4.99 Å². The summed E-state index contributed by atoms with van der Waals surface area (Å²) < 4.78 is 0. The van der Waals surface area contributed by atoms with Crippen molar-refractivity contribution in [3.8, 4) is 0 Å². The van der Waals surface area contributed by atoms with Crippen LogP contribution in [0.4, 0.5) is 0 Å². The van der Waals surface area contributed by atoms with Gasteiger partial charge >= 0.3 is 0 Å². The van der Waals surface area contributed by atoms with Gasteiger partial charge in [0.2, 0.25) is 5.91 Å². The summed E-state index contributed by atoms with van der Waals surface area (Å²) >= 11 is 0. The van der Waals surface area contributed by atoms with E-state index in [1.54, 1.807) is 19.0 Å². The van der Waals surface area contributed by atoms with E-state index in [4.69, 9.17) is 0 Å². The zero-order chi connectivity index (χ0) is 19.1. The van der Waals surface area contributed by atoms with Crippen LogP contribution >= 0.6 is 0 Å². The van der Waals surface area contributed by atoms with Crippen molar-refractivity contribution in [3.05, 3.63) is 35.9 Å². The molecule has 1 N–H and O–H groups in total. The van der Waals surface area contributed by atoms with Gasteiger partial charge in [-0.15, -0.1) is 0 Å². The normalized spacial score (nSPS) is 19.3. The number of piperidine rings is 1. The lowest BCUT2D eigenvalue weighted by Gasteiger charge is -2.35. The van der Waals surface area contributed by atoms with Crippen LogP contribution in [0.1, 0.15) is 44.1 Å². The van der Waals surface area contributed by atoms with Crippen LogP contribution in [0.15, 0.2) is 35.3 Å². The quantitative estimate of drug-likeness (QED) is 0.640. The summed E-state index contributed by atoms with van der Waals surface area (Å²) in [7, 11) is 3.58. The number of hydrogen-bond acceptors (Lipinski definition) is 2. The van der Waals surface area contributed by atoms with E-state index >= 15 is 0 Å². The van der Waals surface area contributed by atoms with Gasteiger partial charge < -0.3 is 15.1 Å². The summed E-state index contributed by atoms with van der Waals surface area (Å²) in [6, 6.07) is 11.3. The molecule has 0 atom stereocenters. The summed E-state index contributed by atoms with van der Waals surface area (Å²) in [5, 5.41) is 3.65. The molecule has 1 aliphatic carbocycles. The fraction of sp³-hybridized carbons (Fsp3) is 0.636. The minimum absolute atomic E-state index is 0.0553. The highest BCUT2D eigenvalue weighted by Gasteiger charge is 2.24. The summed E-state index contributed by atoms with van der Waals surface area (Å²) in [6.45, 7) is 2.27. The van der Waals surface area contributed by atoms with E-state index < -0.39 is 0 Å². The van der Waals surface area contributed by atoms with Crippen molar-refractivity contribution in [2.45, 2.75) is 51.0 Å². The Bertz CT molecular complexity index is 614. The average molecular weight is 371 g/mol. The number of nitrogens with one attached hydrogen (secondary N) is 1. The topological polar surface area (TPSA) is 47.9 Å². The third-order valence-electron chi connectivity index (χ3n) is 5.83. The molecule has 0 spiro atoms. The number of carbonyl (C=O) groups is 1. The van der Waals surface area contributed by atoms with E-state index in [9.17, 15) is 4.79 Å². The second-order valence-corrected chi connectivity index (χ2v) is 8.17. The van der Waals surface area contributed by atoms with E-state index in [2.05, 4.69) is 45.5 Å². The molecular formula is C22H34N4O. The van der Waals surface area contributed by atoms with Crippen LogP contribution in [0.25, 0.3) is 0 Å². The Morgan fingerprint density at radius 2 is 1.78 bits per heavy atom. The molecule has 0 unspecified atom stereocenters. The molecule has 3 rings (SSSR count). The SMILES string of the molecule is CN(C)C(=O)CN=C(NC1CCCC1)N1CCC(Cc2ccccc2)CC1. The number of amides is 1. The van der Waals surface area contributed by atoms with Crippen LogP contribution in [0.3, 0.4) is 0 Å². The lowest BCUT2D eigenvalue weighted by atomic mass is 9.90. The fourth-order valence-corrected chi connectivity index (χ4v) is 4.07. The fourth-order valence-electron chi connectivity index (χ4n) is 4.07. The van der Waals surface area contributed by atoms with Gasteiger partial charge in [0.15, 0.2) is 5.96 Å². The van der Waals surface area contributed by atoms with E-state index in [0.29, 0.717) is 6.04 Å². The summed E-state index contributed by atoms with van der Waals surface area (Å²) in [5.74, 6) is 1.73. The Morgan fingerprint density at radius 3 is 2.41 bits per heavy atom. The molecule has 27 heavy (non-hydrogen) atoms. The lowest BCUT2D eigenvalue weighted by molar-refractivity contribution is -0.127. The maximum atomic E-state index is 12.0. The average Bonchev–Trinajstić information content (AvgIpc) is 3.19. The van der Waals surface area contributed by atoms with Crippen molar-refractivity contribution in [2.24, 2.45) is 10.9 Å². The van der Waals surface area contributed by atoms with Crippen LogP contribution < -0.4 is 5.32 Å². The van der Waals surface area contributed by atoms with Gasteiger partial charge in [-0.05, 0) is 43.6 Å². The van der Waals surface area contributed by atoms with Crippen LogP contribution in [0.5, 0.6) is 0 Å². The van der Waals surface area contributed by atoms with Crippen molar-refractivity contribution in [2.75, 3.05) is 33.7 Å². The van der Waals surface area contributed by atoms with E-state index in [-0.39, 0.29) is 12.5 Å². The van der Waals surface area contributed by atoms with Crippen molar-refractivity contribution >= 4 is 11.9 Å². The molecule has 1 aromatic carbocycles. The maximum absolute atomic E-state index is 12.0. The van der Waals surface area contributed by atoms with Gasteiger partial charge in [-0.3, -0.25) is 4.79 Å². The number of likely N-dealkylation sites (tertiary alicyclic amines) is 1. The number of hydrogen-bond donors (Lipinski definition) is 1. The second-order valence-electron chi connectivity index (χ2n) is 8.17. The number of rotatable bonds is 5. The molecular weight excluding hydrogens is 336 g/mol. The molecule has 0 bridgehead atoms. The first kappa shape index (κ1) is 19.7. The van der Waals surface area contributed by atoms with Crippen LogP contribution in [0, 0.1) is 5.92 Å². The summed E-state index contributed by atoms with van der Waals surface area (Å²) in [5.41, 5.74) is 1.44. The van der Waals surface area contributed by atoms with Crippen molar-refractivity contribution in [3.63, 3.8) is 0 Å². The van der Waals surface area contributed by atoms with Gasteiger partial charge in [0.05, 0.1) is 0 Å². The van der Waals surface area contributed by atoms with Crippen LogP contribution in [-0.4, -0.2) is 61.4 Å². The number of likely N-dealkylation sites (N-methyl/N-ethyl adjacent to an activating group) is 1. The second kappa shape index (κ2) is 9.77. The highest BCUT2D eigenvalue weighted by atomic mass is 16.2. The van der Waals surface area contributed by atoms with Gasteiger partial charge in [-0.2, -0.15) is 0 Å². The Kier molecular flexibility index (Phi) is 7.13. The predicted molar refractivity (Wildman–Crippen MR) is 111 cm³/mol. The molecule has 1 saturated heterocycles. The lowest BCUT2D eigenvalue weighted by Crippen LogP contribution is -2.49. The number of carbonyl (C=O) groups excluding carboxylic acids is 1. The van der Waals surface area contributed by atoms with Crippen molar-refractivity contribution in [1.82, 2.24) is 15.1 Å². The van der Waals surface area contributed by atoms with E-state index in [0.717, 1.165) is 31.4 Å². The summed E-state index contributed by atoms with van der Waals surface area (Å²) in [6.07, 6.45) is 8.54. The molecule has 1 aliphatic heterocycles. The molecule has 148 valence electrons. The van der Waals surface area contributed by atoms with Gasteiger partial charge in [0.25, 0.3) is 0 Å². The molecule has 5 heteroatoms. The molecule has 1 heterocycles. The number of guanidine groups is 1. The molecule has 1 saturated carbocycles. The standard InChI is InChI=1S/C22H34N4O/c1-25(2)21(27)17-23-22(24-20-10-6-7-11-20)26-14-12-19(13-15-26)16-18-8-4-3-5-9-18/h3-5,8-9,19-20H,6-7,10-17H2,1-2H3,(H,23,24). The smallest absolute Gasteiger partial charge is 0.243 e. The Balaban J connectivity index is 1.57. The first-order valence-corrected chi connectivity index (χ1v) is 10.4. The minimum atomic E-state index is 0.0553. The van der Waals surface area contributed by atoms with E-state index in [1.807, 2.05) is 0 Å². The maximum Gasteiger partial charge on any atom is 0.243 e. The highest BCUT2D eigenvalue weighted by Crippen LogP contribution is 2.23. The van der Waals surface area contributed by atoms with E-state index in [1.165, 1.54) is 44.1 Å². The Hall–Kier alpha value is -2.04. The van der Waals surface area contributed by atoms with Crippen LogP contribution in [0.2, 0.25) is 0 Å². The highest BCUT2D eigenvalue weighted by molar-refractivity contribution is 5.85. The first-order chi connectivity index (χ1) is 13.1. The minimum Gasteiger partial charge on any atom is -0.353 e. The van der Waals surface area contributed by atoms with Crippen molar-refractivity contribution < 1.29 is 4.79 Å². The largest absolute Gasteiger partial charge is 0.353 e. The zero-order valence-electron chi connectivity index (χ0n) is 16.9. The zero-order valence-corrected chi connectivity index (χ0v) is 16.9. The number of nitrogens with zero attached hydrogens (tertiary/aromatic N) is 3. The van der Waals surface area contributed by atoms with Crippen molar-refractivity contribution in [1.29, 1.82) is 0 Å². The molecule has 0 aromatic heterocycles. The summed E-state index contributed by atoms with van der Waals surface area (Å²) in [4.78, 5) is 20.7. The Morgan fingerprint density at radius 1 is 1.11 bits per heavy atom. The number of benzene rings is 1. The van der Waals surface area contributed by atoms with Gasteiger partial charge in [0.1, 0.15) is 6.54 Å². The van der Waals surface area contributed by atoms with Gasteiger partial charge in [-0.1, -0.05) is 43.2 Å². The molecule has 1 amide bonds. The molecule has 0 radical (unpaired) electrons. The van der Waals surface area contributed by atoms with Crippen LogP contribution in [-0.2, 0) is 11.2 Å². The number of aliphatic imine (C=N–C) groups is 1. The molecule has 2 fully saturated rings. The predicted octanol–water partition coefficient (Wildman–Crippen LogP) is 2.92.